The second kappa shape index (κ2) is 3.28. The molecule has 0 aliphatic carbocycles. The Morgan fingerprint density at radius 2 is 1.00 bits per heavy atom. The van der Waals surface area contributed by atoms with Gasteiger partial charge in [0, 0.05) is 0 Å². The summed E-state index contributed by atoms with van der Waals surface area (Å²) in [5.41, 5.74) is 0. The molecule has 0 aromatic carbocycles. The van der Waals surface area contributed by atoms with Crippen molar-refractivity contribution in [2.45, 2.75) is 12.4 Å². The van der Waals surface area contributed by atoms with E-state index in [2.05, 4.69) is 15.0 Å². The molecule has 0 saturated heterocycles. The van der Waals surface area contributed by atoms with Gasteiger partial charge in [-0.25, -0.2) is 0 Å². The van der Waals surface area contributed by atoms with Crippen LogP contribution < -0.4 is 0 Å². The molecule has 0 saturated carbocycles. The minimum absolute atomic E-state index is 2.06. The smallest absolute Gasteiger partial charge is 0.200 e. The van der Waals surface area contributed by atoms with Crippen LogP contribution in [-0.2, 0) is 12.4 Å². The maximum atomic E-state index is 12.2. The average molecular weight is 235 g/mol. The van der Waals surface area contributed by atoms with Crippen molar-refractivity contribution in [3.63, 3.8) is 0 Å². The van der Waals surface area contributed by atoms with Crippen molar-refractivity contribution >= 4 is 0 Å². The van der Waals surface area contributed by atoms with Gasteiger partial charge in [-0.05, 0) is 0 Å². The number of alkyl halides is 6. The fraction of sp³-hybridized carbons (Fsp3) is 0.400. The molecule has 3 nitrogen and oxygen atoms in total. The van der Waals surface area contributed by atoms with E-state index in [0.717, 1.165) is 0 Å². The molecule has 1 aromatic rings. The maximum Gasteiger partial charge on any atom is 0.451 e. The molecule has 0 aliphatic heterocycles. The topological polar surface area (TPSA) is 38.7 Å². The molecule has 0 atom stereocenters. The summed E-state index contributed by atoms with van der Waals surface area (Å²) >= 11 is 0. The maximum absolute atomic E-state index is 12.2. The van der Waals surface area contributed by atoms with Crippen LogP contribution in [0.3, 0.4) is 0 Å². The van der Waals surface area contributed by atoms with E-state index in [4.69, 9.17) is 0 Å². The monoisotopic (exact) mass is 235 g/mol. The summed E-state index contributed by atoms with van der Waals surface area (Å²) in [6.45, 7) is 0. The van der Waals surface area contributed by atoms with E-state index in [1.165, 1.54) is 0 Å². The molecule has 0 bridgehead atoms. The standard InChI is InChI=1S/C5F7N3/c6-3-14-1(4(7,8)9)13-2(15-3)5(10,11)12. The highest BCUT2D eigenvalue weighted by atomic mass is 19.4. The van der Waals surface area contributed by atoms with Crippen molar-refractivity contribution in [3.8, 4) is 0 Å². The van der Waals surface area contributed by atoms with E-state index >= 15 is 0 Å². The molecule has 84 valence electrons. The third-order valence-corrected chi connectivity index (χ3v) is 1.12. The second-order valence-electron chi connectivity index (χ2n) is 2.25. The summed E-state index contributed by atoms with van der Waals surface area (Å²) in [4.78, 5) is 6.27. The molecule has 0 spiro atoms. The lowest BCUT2D eigenvalue weighted by Crippen LogP contribution is -2.20. The van der Waals surface area contributed by atoms with Gasteiger partial charge < -0.3 is 0 Å². The SMILES string of the molecule is Fc1nc(C(F)(F)F)nc(C(F)(F)F)n1. The van der Waals surface area contributed by atoms with Gasteiger partial charge >= 0.3 is 18.4 Å². The molecule has 0 amide bonds. The molecule has 0 fully saturated rings. The van der Waals surface area contributed by atoms with Crippen LogP contribution in [0.25, 0.3) is 0 Å². The molecule has 15 heavy (non-hydrogen) atoms. The number of aromatic nitrogens is 3. The third-order valence-electron chi connectivity index (χ3n) is 1.12. The Bertz CT molecular complexity index is 336. The Balaban J connectivity index is 3.30. The van der Waals surface area contributed by atoms with E-state index in [1.807, 2.05) is 0 Å². The van der Waals surface area contributed by atoms with Gasteiger partial charge in [0.15, 0.2) is 0 Å². The lowest BCUT2D eigenvalue weighted by Gasteiger charge is -2.07. The largest absolute Gasteiger partial charge is 0.451 e. The lowest BCUT2D eigenvalue weighted by atomic mass is 10.5. The van der Waals surface area contributed by atoms with E-state index in [0.29, 0.717) is 0 Å². The fourth-order valence-electron chi connectivity index (χ4n) is 0.604. The Morgan fingerprint density at radius 3 is 1.27 bits per heavy atom. The number of hydrogen-bond donors (Lipinski definition) is 0. The zero-order chi connectivity index (χ0) is 11.9. The van der Waals surface area contributed by atoms with Gasteiger partial charge in [-0.1, -0.05) is 0 Å². The predicted molar refractivity (Wildman–Crippen MR) is 29.8 cm³/mol. The molecule has 0 radical (unpaired) electrons. The Morgan fingerprint density at radius 1 is 0.667 bits per heavy atom. The van der Waals surface area contributed by atoms with Crippen molar-refractivity contribution in [3.05, 3.63) is 17.7 Å². The van der Waals surface area contributed by atoms with Gasteiger partial charge in [0.25, 0.3) is 0 Å². The van der Waals surface area contributed by atoms with Crippen LogP contribution in [0.2, 0.25) is 0 Å². The molecule has 1 aromatic heterocycles. The Hall–Kier alpha value is -1.48. The predicted octanol–water partition coefficient (Wildman–Crippen LogP) is 2.05. The van der Waals surface area contributed by atoms with Crippen LogP contribution in [-0.4, -0.2) is 15.0 Å². The van der Waals surface area contributed by atoms with Gasteiger partial charge in [0.1, 0.15) is 0 Å². The minimum atomic E-state index is -5.26. The second-order valence-corrected chi connectivity index (χ2v) is 2.25. The molecule has 0 N–H and O–H groups in total. The number of halogens is 7. The van der Waals surface area contributed by atoms with Crippen LogP contribution in [0.15, 0.2) is 0 Å². The van der Waals surface area contributed by atoms with Crippen molar-refractivity contribution < 1.29 is 30.7 Å². The number of hydrogen-bond acceptors (Lipinski definition) is 3. The van der Waals surface area contributed by atoms with Crippen LogP contribution in [0.4, 0.5) is 30.7 Å². The van der Waals surface area contributed by atoms with Crippen LogP contribution in [0.5, 0.6) is 0 Å². The van der Waals surface area contributed by atoms with Crippen molar-refractivity contribution in [1.29, 1.82) is 0 Å². The van der Waals surface area contributed by atoms with Gasteiger partial charge in [-0.3, -0.25) is 0 Å². The molecular formula is C5F7N3. The Labute approximate surface area is 77.0 Å². The fourth-order valence-corrected chi connectivity index (χ4v) is 0.604. The summed E-state index contributed by atoms with van der Waals surface area (Å²) in [7, 11) is 0. The first-order valence-electron chi connectivity index (χ1n) is 3.16. The van der Waals surface area contributed by atoms with E-state index in [1.54, 1.807) is 0 Å². The summed E-state index contributed by atoms with van der Waals surface area (Å²) < 4.78 is 83.3. The number of rotatable bonds is 0. The van der Waals surface area contributed by atoms with Gasteiger partial charge in [-0.2, -0.15) is 45.7 Å². The van der Waals surface area contributed by atoms with E-state index in [9.17, 15) is 30.7 Å². The van der Waals surface area contributed by atoms with Gasteiger partial charge in [0.2, 0.25) is 11.6 Å². The quantitative estimate of drug-likeness (QED) is 0.646. The van der Waals surface area contributed by atoms with Crippen LogP contribution >= 0.6 is 0 Å². The zero-order valence-electron chi connectivity index (χ0n) is 6.49. The minimum Gasteiger partial charge on any atom is -0.200 e. The normalized spacial score (nSPS) is 13.0. The van der Waals surface area contributed by atoms with Gasteiger partial charge in [-0.15, -0.1) is 0 Å². The molecule has 0 unspecified atom stereocenters. The summed E-state index contributed by atoms with van der Waals surface area (Å²) in [5, 5.41) is 0. The highest BCUT2D eigenvalue weighted by molar-refractivity contribution is 4.98. The van der Waals surface area contributed by atoms with Crippen molar-refractivity contribution in [1.82, 2.24) is 15.0 Å². The summed E-state index contributed by atoms with van der Waals surface area (Å²) in [6, 6.07) is 0. The van der Waals surface area contributed by atoms with E-state index < -0.39 is 30.1 Å². The molecule has 0 aliphatic rings. The van der Waals surface area contributed by atoms with E-state index in [-0.39, 0.29) is 0 Å². The van der Waals surface area contributed by atoms with Crippen LogP contribution in [0.1, 0.15) is 11.6 Å². The summed E-state index contributed by atoms with van der Waals surface area (Å²) in [5.74, 6) is -4.44. The number of nitrogens with zero attached hydrogens (tertiary/aromatic N) is 3. The first-order chi connectivity index (χ1) is 6.60. The zero-order valence-corrected chi connectivity index (χ0v) is 6.49. The summed E-state index contributed by atoms with van der Waals surface area (Å²) in [6.07, 6.45) is -12.7. The molecule has 1 heterocycles. The Kier molecular flexibility index (Phi) is 2.53. The average Bonchev–Trinajstić information content (AvgIpc) is 1.99. The first-order valence-corrected chi connectivity index (χ1v) is 3.16. The van der Waals surface area contributed by atoms with Crippen molar-refractivity contribution in [2.24, 2.45) is 0 Å². The lowest BCUT2D eigenvalue weighted by molar-refractivity contribution is -0.156. The molecular weight excluding hydrogens is 235 g/mol. The first kappa shape index (κ1) is 11.6. The molecule has 1 rings (SSSR count). The van der Waals surface area contributed by atoms with Crippen LogP contribution in [0, 0.1) is 6.08 Å². The highest BCUT2D eigenvalue weighted by Gasteiger charge is 2.41. The van der Waals surface area contributed by atoms with Crippen molar-refractivity contribution in [2.75, 3.05) is 0 Å². The molecule has 10 heteroatoms. The van der Waals surface area contributed by atoms with Gasteiger partial charge in [0.05, 0.1) is 0 Å². The highest BCUT2D eigenvalue weighted by Crippen LogP contribution is 2.30. The third kappa shape index (κ3) is 2.73.